The molecule has 154 valence electrons. The van der Waals surface area contributed by atoms with Gasteiger partial charge in [-0.2, -0.15) is 4.31 Å². The van der Waals surface area contributed by atoms with Crippen LogP contribution in [0.2, 0.25) is 0 Å². The van der Waals surface area contributed by atoms with Crippen molar-refractivity contribution in [2.75, 3.05) is 19.6 Å². The molecule has 2 aliphatic carbocycles. The van der Waals surface area contributed by atoms with Crippen molar-refractivity contribution in [3.05, 3.63) is 17.0 Å². The highest BCUT2D eigenvalue weighted by Crippen LogP contribution is 2.47. The standard InChI is InChI=1S/C18H29N3O3S2.ClH/c1-3-21(4-2)26(23,24)15-8-7-14(25-15)9-10-20-18(22)16-12-5-6-13(11-12)17(16)19;/h7-8,12-13,16-17H,3-6,9-11,19H2,1-2H3,(H,20,22);1H. The van der Waals surface area contributed by atoms with E-state index < -0.39 is 10.0 Å². The summed E-state index contributed by atoms with van der Waals surface area (Å²) >= 11 is 1.29. The van der Waals surface area contributed by atoms with Crippen LogP contribution in [0.25, 0.3) is 0 Å². The van der Waals surface area contributed by atoms with Gasteiger partial charge in [0, 0.05) is 30.6 Å². The fourth-order valence-corrected chi connectivity index (χ4v) is 7.44. The number of nitrogens with zero attached hydrogens (tertiary/aromatic N) is 1. The molecule has 1 heterocycles. The molecule has 2 aliphatic rings. The molecule has 27 heavy (non-hydrogen) atoms. The van der Waals surface area contributed by atoms with Crippen LogP contribution in [-0.2, 0) is 21.2 Å². The summed E-state index contributed by atoms with van der Waals surface area (Å²) in [5.74, 6) is 0.983. The summed E-state index contributed by atoms with van der Waals surface area (Å²) in [6, 6.07) is 3.51. The number of nitrogens with one attached hydrogen (secondary N) is 1. The zero-order valence-electron chi connectivity index (χ0n) is 15.9. The maximum Gasteiger partial charge on any atom is 0.252 e. The van der Waals surface area contributed by atoms with E-state index >= 15 is 0 Å². The van der Waals surface area contributed by atoms with Gasteiger partial charge in [0.05, 0.1) is 5.92 Å². The molecule has 0 aromatic carbocycles. The summed E-state index contributed by atoms with van der Waals surface area (Å²) in [5, 5.41) is 3.01. The predicted molar refractivity (Wildman–Crippen MR) is 111 cm³/mol. The third kappa shape index (κ3) is 4.50. The molecule has 1 amide bonds. The number of nitrogens with two attached hydrogens (primary N) is 1. The van der Waals surface area contributed by atoms with E-state index in [1.165, 1.54) is 15.6 Å². The van der Waals surface area contributed by atoms with E-state index in [0.29, 0.717) is 42.1 Å². The van der Waals surface area contributed by atoms with Crippen LogP contribution in [0.3, 0.4) is 0 Å². The van der Waals surface area contributed by atoms with Gasteiger partial charge in [-0.25, -0.2) is 8.42 Å². The Bertz CT molecular complexity index is 747. The van der Waals surface area contributed by atoms with Gasteiger partial charge < -0.3 is 11.1 Å². The van der Waals surface area contributed by atoms with Gasteiger partial charge in [0.15, 0.2) is 0 Å². The van der Waals surface area contributed by atoms with Crippen LogP contribution >= 0.6 is 23.7 Å². The van der Waals surface area contributed by atoms with Crippen molar-refractivity contribution in [1.29, 1.82) is 0 Å². The number of sulfonamides is 1. The van der Waals surface area contributed by atoms with Gasteiger partial charge in [-0.05, 0) is 49.7 Å². The van der Waals surface area contributed by atoms with Gasteiger partial charge in [-0.1, -0.05) is 13.8 Å². The fraction of sp³-hybridized carbons (Fsp3) is 0.722. The van der Waals surface area contributed by atoms with Gasteiger partial charge >= 0.3 is 0 Å². The van der Waals surface area contributed by atoms with Crippen LogP contribution in [0.1, 0.15) is 38.0 Å². The normalized spacial score (nSPS) is 27.0. The number of thiophene rings is 1. The van der Waals surface area contributed by atoms with E-state index in [-0.39, 0.29) is 30.3 Å². The first-order valence-electron chi connectivity index (χ1n) is 9.50. The molecule has 0 radical (unpaired) electrons. The predicted octanol–water partition coefficient (Wildman–Crippen LogP) is 2.23. The molecular weight excluding hydrogens is 406 g/mol. The molecule has 2 bridgehead atoms. The van der Waals surface area contributed by atoms with Gasteiger partial charge in [0.2, 0.25) is 5.91 Å². The number of carbonyl (C=O) groups is 1. The van der Waals surface area contributed by atoms with Crippen LogP contribution in [0.4, 0.5) is 0 Å². The van der Waals surface area contributed by atoms with Gasteiger partial charge in [-0.15, -0.1) is 23.7 Å². The van der Waals surface area contributed by atoms with E-state index in [1.807, 2.05) is 19.9 Å². The highest BCUT2D eigenvalue weighted by atomic mass is 35.5. The first-order valence-corrected chi connectivity index (χ1v) is 11.8. The molecule has 3 N–H and O–H groups in total. The summed E-state index contributed by atoms with van der Waals surface area (Å²) in [7, 11) is -3.40. The summed E-state index contributed by atoms with van der Waals surface area (Å²) in [5.41, 5.74) is 6.22. The molecule has 0 saturated heterocycles. The molecule has 6 nitrogen and oxygen atoms in total. The van der Waals surface area contributed by atoms with Crippen LogP contribution in [0.15, 0.2) is 16.3 Å². The Morgan fingerprint density at radius 2 is 1.93 bits per heavy atom. The number of carbonyl (C=O) groups excluding carboxylic acids is 1. The molecule has 0 spiro atoms. The summed E-state index contributed by atoms with van der Waals surface area (Å²) in [6.45, 7) is 5.12. The second kappa shape index (κ2) is 9.22. The minimum absolute atomic E-state index is 0. The average molecular weight is 436 g/mol. The third-order valence-corrected chi connectivity index (χ3v) is 9.55. The zero-order valence-corrected chi connectivity index (χ0v) is 18.3. The Balaban J connectivity index is 0.00000261. The van der Waals surface area contributed by atoms with Crippen molar-refractivity contribution < 1.29 is 13.2 Å². The Morgan fingerprint density at radius 1 is 1.26 bits per heavy atom. The van der Waals surface area contributed by atoms with Crippen LogP contribution < -0.4 is 11.1 Å². The monoisotopic (exact) mass is 435 g/mol. The lowest BCUT2D eigenvalue weighted by molar-refractivity contribution is -0.127. The largest absolute Gasteiger partial charge is 0.355 e. The molecule has 3 rings (SSSR count). The average Bonchev–Trinajstić information content (AvgIpc) is 3.31. The number of rotatable bonds is 8. The van der Waals surface area contributed by atoms with Crippen molar-refractivity contribution in [3.8, 4) is 0 Å². The lowest BCUT2D eigenvalue weighted by atomic mass is 9.84. The van der Waals surface area contributed by atoms with E-state index in [0.717, 1.165) is 24.1 Å². The second-order valence-corrected chi connectivity index (χ2v) is 10.6. The Kier molecular flexibility index (Phi) is 7.72. The van der Waals surface area contributed by atoms with Crippen molar-refractivity contribution in [3.63, 3.8) is 0 Å². The first kappa shape index (κ1) is 22.6. The highest BCUT2D eigenvalue weighted by molar-refractivity contribution is 7.91. The maximum absolute atomic E-state index is 12.5. The summed E-state index contributed by atoms with van der Waals surface area (Å²) < 4.78 is 26.9. The first-order chi connectivity index (χ1) is 12.4. The molecule has 9 heteroatoms. The molecule has 2 fully saturated rings. The zero-order chi connectivity index (χ0) is 18.9. The molecule has 1 aromatic rings. The van der Waals surface area contributed by atoms with Crippen LogP contribution in [0, 0.1) is 17.8 Å². The molecule has 4 unspecified atom stereocenters. The fourth-order valence-electron chi connectivity index (χ4n) is 4.47. The molecule has 0 aliphatic heterocycles. The lowest BCUT2D eigenvalue weighted by Crippen LogP contribution is -2.45. The van der Waals surface area contributed by atoms with Crippen molar-refractivity contribution in [2.45, 2.75) is 49.8 Å². The highest BCUT2D eigenvalue weighted by Gasteiger charge is 2.48. The van der Waals surface area contributed by atoms with E-state index in [9.17, 15) is 13.2 Å². The summed E-state index contributed by atoms with van der Waals surface area (Å²) in [4.78, 5) is 13.4. The Labute approximate surface area is 172 Å². The topological polar surface area (TPSA) is 92.5 Å². The number of hydrogen-bond donors (Lipinski definition) is 2. The third-order valence-electron chi connectivity index (χ3n) is 5.89. The smallest absolute Gasteiger partial charge is 0.252 e. The Morgan fingerprint density at radius 3 is 2.52 bits per heavy atom. The number of amides is 1. The van der Waals surface area contributed by atoms with Gasteiger partial charge in [0.1, 0.15) is 4.21 Å². The molecule has 4 atom stereocenters. The van der Waals surface area contributed by atoms with E-state index in [2.05, 4.69) is 5.32 Å². The quantitative estimate of drug-likeness (QED) is 0.654. The minimum atomic E-state index is -3.40. The number of hydrogen-bond acceptors (Lipinski definition) is 5. The van der Waals surface area contributed by atoms with Gasteiger partial charge in [0.25, 0.3) is 10.0 Å². The van der Waals surface area contributed by atoms with Crippen molar-refractivity contribution in [1.82, 2.24) is 9.62 Å². The minimum Gasteiger partial charge on any atom is -0.355 e. The molecule has 2 saturated carbocycles. The maximum atomic E-state index is 12.5. The van der Waals surface area contributed by atoms with E-state index in [1.54, 1.807) is 6.07 Å². The van der Waals surface area contributed by atoms with Gasteiger partial charge in [-0.3, -0.25) is 4.79 Å². The molecular formula is C18H30ClN3O3S2. The Hall–Kier alpha value is -0.670. The van der Waals surface area contributed by atoms with E-state index in [4.69, 9.17) is 5.73 Å². The summed E-state index contributed by atoms with van der Waals surface area (Å²) in [6.07, 6.45) is 4.01. The van der Waals surface area contributed by atoms with Crippen molar-refractivity contribution >= 4 is 39.7 Å². The second-order valence-electron chi connectivity index (χ2n) is 7.29. The SMILES string of the molecule is CCN(CC)S(=O)(=O)c1ccc(CCNC(=O)C2C3CCC(C3)C2N)s1.Cl. The van der Waals surface area contributed by atoms with Crippen LogP contribution in [-0.4, -0.2) is 44.3 Å². The number of fused-ring (bicyclic) bond motifs is 2. The van der Waals surface area contributed by atoms with Crippen molar-refractivity contribution in [2.24, 2.45) is 23.5 Å². The number of halogens is 1. The molecule has 1 aromatic heterocycles. The lowest BCUT2D eigenvalue weighted by Gasteiger charge is -2.26. The van der Waals surface area contributed by atoms with Crippen LogP contribution in [0.5, 0.6) is 0 Å².